The molecule has 0 spiro atoms. The van der Waals surface area contributed by atoms with E-state index in [1.165, 1.54) is 48.5 Å². The van der Waals surface area contributed by atoms with E-state index in [9.17, 15) is 17.6 Å². The standard InChI is InChI=1S/C24H21FN4O3S2/c25-19-5-7-20(8-6-19)29-34(31,32)21-9-3-18(4-10-21)24(30)27-13-1-2-23-28-22(16-33-23)17-11-14-26-15-12-17/h3-12,14-16,29H,1-2,13H2,(H,27,30). The SMILES string of the molecule is O=C(NCCCc1nc(-c2ccncc2)cs1)c1ccc(S(=O)(=O)Nc2ccc(F)cc2)cc1. The van der Waals surface area contributed by atoms with Crippen LogP contribution in [0.5, 0.6) is 0 Å². The van der Waals surface area contributed by atoms with Crippen molar-refractivity contribution in [1.29, 1.82) is 0 Å². The number of nitrogens with one attached hydrogen (secondary N) is 2. The molecule has 1 amide bonds. The molecule has 7 nitrogen and oxygen atoms in total. The highest BCUT2D eigenvalue weighted by Crippen LogP contribution is 2.22. The van der Waals surface area contributed by atoms with Crippen LogP contribution in [0.3, 0.4) is 0 Å². The van der Waals surface area contributed by atoms with Crippen LogP contribution in [0.1, 0.15) is 21.8 Å². The van der Waals surface area contributed by atoms with E-state index in [0.29, 0.717) is 12.1 Å². The summed E-state index contributed by atoms with van der Waals surface area (Å²) in [6, 6.07) is 14.4. The first kappa shape index (κ1) is 23.5. The van der Waals surface area contributed by atoms with Crippen LogP contribution in [0, 0.1) is 5.82 Å². The van der Waals surface area contributed by atoms with Gasteiger partial charge in [0.2, 0.25) is 0 Å². The zero-order valence-corrected chi connectivity index (χ0v) is 19.6. The number of anilines is 1. The van der Waals surface area contributed by atoms with Crippen molar-refractivity contribution >= 4 is 33.0 Å². The number of hydrogen-bond acceptors (Lipinski definition) is 6. The molecule has 0 aliphatic carbocycles. The van der Waals surface area contributed by atoms with Crippen LogP contribution >= 0.6 is 11.3 Å². The zero-order valence-electron chi connectivity index (χ0n) is 17.9. The van der Waals surface area contributed by atoms with Crippen molar-refractivity contribution in [2.24, 2.45) is 0 Å². The lowest BCUT2D eigenvalue weighted by molar-refractivity contribution is 0.0953. The molecule has 0 radical (unpaired) electrons. The molecule has 34 heavy (non-hydrogen) atoms. The van der Waals surface area contributed by atoms with Gasteiger partial charge in [-0.25, -0.2) is 17.8 Å². The monoisotopic (exact) mass is 496 g/mol. The molecule has 4 aromatic rings. The Hall–Kier alpha value is -3.63. The first-order valence-electron chi connectivity index (χ1n) is 10.4. The Balaban J connectivity index is 1.27. The van der Waals surface area contributed by atoms with Gasteiger partial charge in [0.15, 0.2) is 0 Å². The summed E-state index contributed by atoms with van der Waals surface area (Å²) in [5.41, 5.74) is 2.53. The van der Waals surface area contributed by atoms with E-state index in [-0.39, 0.29) is 16.5 Å². The fourth-order valence-electron chi connectivity index (χ4n) is 3.14. The van der Waals surface area contributed by atoms with Crippen LogP contribution in [-0.2, 0) is 16.4 Å². The topological polar surface area (TPSA) is 101 Å². The summed E-state index contributed by atoms with van der Waals surface area (Å²) in [4.78, 5) is 21.0. The van der Waals surface area contributed by atoms with Gasteiger partial charge in [-0.3, -0.25) is 14.5 Å². The third kappa shape index (κ3) is 6.03. The maximum absolute atomic E-state index is 13.0. The second kappa shape index (κ2) is 10.5. The molecule has 2 heterocycles. The van der Waals surface area contributed by atoms with Crippen LogP contribution in [-0.4, -0.2) is 30.8 Å². The predicted molar refractivity (Wildman–Crippen MR) is 130 cm³/mol. The van der Waals surface area contributed by atoms with Crippen molar-refractivity contribution in [3.63, 3.8) is 0 Å². The van der Waals surface area contributed by atoms with E-state index in [4.69, 9.17) is 0 Å². The highest BCUT2D eigenvalue weighted by atomic mass is 32.2. The third-order valence-electron chi connectivity index (χ3n) is 4.90. The molecule has 174 valence electrons. The minimum atomic E-state index is -3.85. The molecular formula is C24H21FN4O3S2. The maximum Gasteiger partial charge on any atom is 0.261 e. The number of nitrogens with zero attached hydrogens (tertiary/aromatic N) is 2. The number of pyridine rings is 1. The van der Waals surface area contributed by atoms with Gasteiger partial charge >= 0.3 is 0 Å². The number of carbonyl (C=O) groups excluding carboxylic acids is 1. The summed E-state index contributed by atoms with van der Waals surface area (Å²) >= 11 is 1.58. The number of sulfonamides is 1. The van der Waals surface area contributed by atoms with Crippen LogP contribution < -0.4 is 10.0 Å². The predicted octanol–water partition coefficient (Wildman–Crippen LogP) is 4.51. The molecule has 0 aliphatic rings. The van der Waals surface area contributed by atoms with Gasteiger partial charge in [-0.15, -0.1) is 11.3 Å². The lowest BCUT2D eigenvalue weighted by atomic mass is 10.2. The Morgan fingerprint density at radius 1 is 0.971 bits per heavy atom. The van der Waals surface area contributed by atoms with Gasteiger partial charge in [-0.2, -0.15) is 0 Å². The van der Waals surface area contributed by atoms with Gasteiger partial charge in [0, 0.05) is 47.6 Å². The molecule has 2 aromatic heterocycles. The molecule has 0 saturated carbocycles. The normalized spacial score (nSPS) is 11.2. The number of thiazole rings is 1. The highest BCUT2D eigenvalue weighted by Gasteiger charge is 2.15. The second-order valence-electron chi connectivity index (χ2n) is 7.36. The molecule has 0 atom stereocenters. The van der Waals surface area contributed by atoms with Gasteiger partial charge in [-0.05, 0) is 67.1 Å². The number of halogens is 1. The highest BCUT2D eigenvalue weighted by molar-refractivity contribution is 7.92. The number of amides is 1. The summed E-state index contributed by atoms with van der Waals surface area (Å²) < 4.78 is 40.4. The molecule has 10 heteroatoms. The number of aromatic nitrogens is 2. The van der Waals surface area contributed by atoms with Crippen LogP contribution in [0.2, 0.25) is 0 Å². The number of carbonyl (C=O) groups is 1. The van der Waals surface area contributed by atoms with Crippen molar-refractivity contribution in [2.45, 2.75) is 17.7 Å². The van der Waals surface area contributed by atoms with Crippen LogP contribution in [0.25, 0.3) is 11.3 Å². The minimum absolute atomic E-state index is 0.00199. The van der Waals surface area contributed by atoms with Crippen LogP contribution in [0.15, 0.2) is 83.3 Å². The molecule has 4 rings (SSSR count). The van der Waals surface area contributed by atoms with E-state index in [1.54, 1.807) is 23.7 Å². The van der Waals surface area contributed by atoms with Gasteiger partial charge < -0.3 is 5.32 Å². The number of hydrogen-bond donors (Lipinski definition) is 2. The van der Waals surface area contributed by atoms with Gasteiger partial charge in [0.25, 0.3) is 15.9 Å². The van der Waals surface area contributed by atoms with Crippen LogP contribution in [0.4, 0.5) is 10.1 Å². The fourth-order valence-corrected chi connectivity index (χ4v) is 5.05. The van der Waals surface area contributed by atoms with E-state index in [1.807, 2.05) is 17.5 Å². The summed E-state index contributed by atoms with van der Waals surface area (Å²) in [6.07, 6.45) is 4.92. The molecule has 2 N–H and O–H groups in total. The Kier molecular flexibility index (Phi) is 7.29. The van der Waals surface area contributed by atoms with E-state index in [0.717, 1.165) is 29.1 Å². The van der Waals surface area contributed by atoms with Crippen molar-refractivity contribution in [3.8, 4) is 11.3 Å². The van der Waals surface area contributed by atoms with E-state index < -0.39 is 15.8 Å². The van der Waals surface area contributed by atoms with E-state index >= 15 is 0 Å². The maximum atomic E-state index is 13.0. The summed E-state index contributed by atoms with van der Waals surface area (Å²) in [7, 11) is -3.85. The summed E-state index contributed by atoms with van der Waals surface area (Å²) in [5.74, 6) is -0.744. The van der Waals surface area contributed by atoms with E-state index in [2.05, 4.69) is 20.0 Å². The average Bonchev–Trinajstić information content (AvgIpc) is 3.33. The first-order valence-corrected chi connectivity index (χ1v) is 12.8. The smallest absolute Gasteiger partial charge is 0.261 e. The lowest BCUT2D eigenvalue weighted by Crippen LogP contribution is -2.24. The van der Waals surface area contributed by atoms with Gasteiger partial charge in [0.05, 0.1) is 15.6 Å². The minimum Gasteiger partial charge on any atom is -0.352 e. The second-order valence-corrected chi connectivity index (χ2v) is 9.98. The van der Waals surface area contributed by atoms with Crippen molar-refractivity contribution < 1.29 is 17.6 Å². The van der Waals surface area contributed by atoms with Gasteiger partial charge in [0.1, 0.15) is 5.82 Å². The van der Waals surface area contributed by atoms with Gasteiger partial charge in [-0.1, -0.05) is 0 Å². The molecule has 2 aromatic carbocycles. The Morgan fingerprint density at radius 2 is 1.68 bits per heavy atom. The Bertz CT molecular complexity index is 1360. The zero-order chi connectivity index (χ0) is 24.0. The average molecular weight is 497 g/mol. The lowest BCUT2D eigenvalue weighted by Gasteiger charge is -2.09. The summed E-state index contributed by atoms with van der Waals surface area (Å²) in [6.45, 7) is 0.467. The molecular weight excluding hydrogens is 475 g/mol. The van der Waals surface area contributed by atoms with Crippen molar-refractivity contribution in [3.05, 3.63) is 94.8 Å². The molecule has 0 bridgehead atoms. The van der Waals surface area contributed by atoms with Crippen molar-refractivity contribution in [1.82, 2.24) is 15.3 Å². The largest absolute Gasteiger partial charge is 0.352 e. The van der Waals surface area contributed by atoms with Crippen molar-refractivity contribution in [2.75, 3.05) is 11.3 Å². The quantitative estimate of drug-likeness (QED) is 0.332. The Morgan fingerprint density at radius 3 is 2.38 bits per heavy atom. The molecule has 0 saturated heterocycles. The summed E-state index contributed by atoms with van der Waals surface area (Å²) in [5, 5.41) is 5.83. The molecule has 0 aliphatic heterocycles. The number of benzene rings is 2. The first-order chi connectivity index (χ1) is 16.4. The number of rotatable bonds is 9. The fraction of sp³-hybridized carbons (Fsp3) is 0.125. The Labute approximate surface area is 200 Å². The molecule has 0 fully saturated rings. The number of aryl methyl sites for hydroxylation is 1. The molecule has 0 unspecified atom stereocenters. The third-order valence-corrected chi connectivity index (χ3v) is 7.21.